The lowest BCUT2D eigenvalue weighted by molar-refractivity contribution is -0.122. The summed E-state index contributed by atoms with van der Waals surface area (Å²) < 4.78 is 5.62. The number of fused-ring (bicyclic) bond motifs is 1. The predicted molar refractivity (Wildman–Crippen MR) is 74.0 cm³/mol. The van der Waals surface area contributed by atoms with E-state index in [0.29, 0.717) is 18.9 Å². The number of carbonyl (C=O) groups excluding carboxylic acids is 1. The summed E-state index contributed by atoms with van der Waals surface area (Å²) in [5.41, 5.74) is 1.12. The molecule has 0 spiro atoms. The van der Waals surface area contributed by atoms with Crippen LogP contribution >= 0.6 is 0 Å². The summed E-state index contributed by atoms with van der Waals surface area (Å²) in [5, 5.41) is 3.18. The van der Waals surface area contributed by atoms with Crippen molar-refractivity contribution in [1.82, 2.24) is 5.32 Å². The van der Waals surface area contributed by atoms with E-state index in [4.69, 9.17) is 4.74 Å². The fourth-order valence-electron chi connectivity index (χ4n) is 3.22. The molecule has 1 fully saturated rings. The van der Waals surface area contributed by atoms with Gasteiger partial charge in [0.05, 0.1) is 12.6 Å². The van der Waals surface area contributed by atoms with Crippen molar-refractivity contribution in [3.05, 3.63) is 29.8 Å². The van der Waals surface area contributed by atoms with Crippen molar-refractivity contribution in [1.29, 1.82) is 0 Å². The number of carbonyl (C=O) groups is 1. The second-order valence-electron chi connectivity index (χ2n) is 5.65. The van der Waals surface area contributed by atoms with E-state index in [1.807, 2.05) is 18.2 Å². The monoisotopic (exact) mass is 259 g/mol. The van der Waals surface area contributed by atoms with Crippen LogP contribution in [0.5, 0.6) is 5.75 Å². The number of para-hydroxylation sites is 1. The maximum atomic E-state index is 12.1. The highest BCUT2D eigenvalue weighted by molar-refractivity contribution is 5.77. The summed E-state index contributed by atoms with van der Waals surface area (Å²) in [6.07, 6.45) is 6.58. The van der Waals surface area contributed by atoms with Crippen molar-refractivity contribution in [2.45, 2.75) is 44.6 Å². The second-order valence-corrected chi connectivity index (χ2v) is 5.65. The van der Waals surface area contributed by atoms with Crippen molar-refractivity contribution in [3.8, 4) is 5.75 Å². The molecule has 19 heavy (non-hydrogen) atoms. The maximum absolute atomic E-state index is 12.1. The predicted octanol–water partition coefficient (Wildman–Crippen LogP) is 3.21. The Bertz CT molecular complexity index is 452. The minimum absolute atomic E-state index is 0.124. The molecule has 2 aliphatic rings. The Kier molecular flexibility index (Phi) is 3.72. The summed E-state index contributed by atoms with van der Waals surface area (Å²) in [6, 6.07) is 8.13. The topological polar surface area (TPSA) is 38.3 Å². The highest BCUT2D eigenvalue weighted by Gasteiger charge is 2.24. The minimum Gasteiger partial charge on any atom is -0.493 e. The van der Waals surface area contributed by atoms with Crippen LogP contribution < -0.4 is 10.1 Å². The van der Waals surface area contributed by atoms with Crippen LogP contribution in [0, 0.1) is 5.92 Å². The van der Waals surface area contributed by atoms with Gasteiger partial charge in [0.25, 0.3) is 0 Å². The fourth-order valence-corrected chi connectivity index (χ4v) is 3.22. The molecule has 1 atom stereocenters. The SMILES string of the molecule is O=C(CC1CCCC1)NC1CCOc2ccccc21. The Morgan fingerprint density at radius 3 is 2.84 bits per heavy atom. The van der Waals surface area contributed by atoms with E-state index in [0.717, 1.165) is 17.7 Å². The average Bonchev–Trinajstić information content (AvgIpc) is 2.92. The molecule has 1 aliphatic heterocycles. The molecule has 3 rings (SSSR count). The van der Waals surface area contributed by atoms with Gasteiger partial charge >= 0.3 is 0 Å². The first-order valence-electron chi connectivity index (χ1n) is 7.34. The minimum atomic E-state index is 0.124. The zero-order chi connectivity index (χ0) is 13.1. The van der Waals surface area contributed by atoms with Crippen molar-refractivity contribution < 1.29 is 9.53 Å². The molecule has 3 heteroatoms. The molecule has 0 radical (unpaired) electrons. The maximum Gasteiger partial charge on any atom is 0.220 e. The number of amides is 1. The molecule has 1 unspecified atom stereocenters. The number of benzene rings is 1. The Hall–Kier alpha value is -1.51. The van der Waals surface area contributed by atoms with Crippen molar-refractivity contribution in [2.75, 3.05) is 6.61 Å². The molecule has 102 valence electrons. The Morgan fingerprint density at radius 1 is 1.21 bits per heavy atom. The van der Waals surface area contributed by atoms with Gasteiger partial charge in [0, 0.05) is 18.4 Å². The summed E-state index contributed by atoms with van der Waals surface area (Å²) in [4.78, 5) is 12.1. The van der Waals surface area contributed by atoms with E-state index in [1.54, 1.807) is 0 Å². The molecule has 1 aromatic rings. The normalized spacial score (nSPS) is 22.6. The average molecular weight is 259 g/mol. The van der Waals surface area contributed by atoms with Crippen LogP contribution in [0.3, 0.4) is 0 Å². The summed E-state index contributed by atoms with van der Waals surface area (Å²) in [7, 11) is 0. The molecule has 0 bridgehead atoms. The molecular weight excluding hydrogens is 238 g/mol. The Morgan fingerprint density at radius 2 is 2.00 bits per heavy atom. The van der Waals surface area contributed by atoms with Gasteiger partial charge in [0.2, 0.25) is 5.91 Å². The van der Waals surface area contributed by atoms with Gasteiger partial charge in [0.1, 0.15) is 5.75 Å². The van der Waals surface area contributed by atoms with E-state index in [1.165, 1.54) is 25.7 Å². The van der Waals surface area contributed by atoms with Gasteiger partial charge in [-0.15, -0.1) is 0 Å². The summed E-state index contributed by atoms with van der Waals surface area (Å²) in [5.74, 6) is 1.73. The van der Waals surface area contributed by atoms with Crippen LogP contribution in [-0.2, 0) is 4.79 Å². The lowest BCUT2D eigenvalue weighted by Crippen LogP contribution is -2.32. The third kappa shape index (κ3) is 2.91. The first-order chi connectivity index (χ1) is 9.33. The second kappa shape index (κ2) is 5.64. The van der Waals surface area contributed by atoms with E-state index < -0.39 is 0 Å². The van der Waals surface area contributed by atoms with E-state index in [9.17, 15) is 4.79 Å². The van der Waals surface area contributed by atoms with Crippen molar-refractivity contribution in [2.24, 2.45) is 5.92 Å². The molecule has 3 nitrogen and oxygen atoms in total. The largest absolute Gasteiger partial charge is 0.493 e. The molecular formula is C16H21NO2. The van der Waals surface area contributed by atoms with E-state index in [-0.39, 0.29) is 11.9 Å². The number of hydrogen-bond acceptors (Lipinski definition) is 2. The lowest BCUT2D eigenvalue weighted by atomic mass is 9.99. The fraction of sp³-hybridized carbons (Fsp3) is 0.562. The van der Waals surface area contributed by atoms with Gasteiger partial charge < -0.3 is 10.1 Å². The first-order valence-corrected chi connectivity index (χ1v) is 7.34. The molecule has 1 aliphatic carbocycles. The molecule has 0 aromatic heterocycles. The van der Waals surface area contributed by atoms with Crippen molar-refractivity contribution in [3.63, 3.8) is 0 Å². The van der Waals surface area contributed by atoms with Crippen LogP contribution in [0.15, 0.2) is 24.3 Å². The Balaban J connectivity index is 1.62. The lowest BCUT2D eigenvalue weighted by Gasteiger charge is -2.27. The zero-order valence-corrected chi connectivity index (χ0v) is 11.2. The zero-order valence-electron chi connectivity index (χ0n) is 11.2. The smallest absolute Gasteiger partial charge is 0.220 e. The third-order valence-corrected chi connectivity index (χ3v) is 4.24. The van der Waals surface area contributed by atoms with Crippen LogP contribution in [-0.4, -0.2) is 12.5 Å². The highest BCUT2D eigenvalue weighted by atomic mass is 16.5. The number of hydrogen-bond donors (Lipinski definition) is 1. The number of nitrogens with one attached hydrogen (secondary N) is 1. The highest BCUT2D eigenvalue weighted by Crippen LogP contribution is 2.32. The third-order valence-electron chi connectivity index (χ3n) is 4.24. The van der Waals surface area contributed by atoms with Crippen LogP contribution in [0.1, 0.15) is 50.1 Å². The molecule has 1 amide bonds. The number of rotatable bonds is 3. The standard InChI is InChI=1S/C16H21NO2/c18-16(11-12-5-1-2-6-12)17-14-9-10-19-15-8-4-3-7-13(14)15/h3-4,7-8,12,14H,1-2,5-6,9-11H2,(H,17,18). The Labute approximate surface area is 114 Å². The van der Waals surface area contributed by atoms with Gasteiger partial charge in [-0.25, -0.2) is 0 Å². The summed E-state index contributed by atoms with van der Waals surface area (Å²) >= 11 is 0. The van der Waals surface area contributed by atoms with Gasteiger partial charge in [-0.05, 0) is 24.8 Å². The van der Waals surface area contributed by atoms with Gasteiger partial charge in [-0.1, -0.05) is 31.0 Å². The quantitative estimate of drug-likeness (QED) is 0.905. The van der Waals surface area contributed by atoms with E-state index in [2.05, 4.69) is 11.4 Å². The number of ether oxygens (including phenoxy) is 1. The van der Waals surface area contributed by atoms with Crippen LogP contribution in [0.4, 0.5) is 0 Å². The molecule has 1 aromatic carbocycles. The van der Waals surface area contributed by atoms with Crippen molar-refractivity contribution >= 4 is 5.91 Å². The molecule has 1 N–H and O–H groups in total. The van der Waals surface area contributed by atoms with Gasteiger partial charge in [0.15, 0.2) is 0 Å². The van der Waals surface area contributed by atoms with Crippen LogP contribution in [0.25, 0.3) is 0 Å². The van der Waals surface area contributed by atoms with E-state index >= 15 is 0 Å². The first kappa shape index (κ1) is 12.5. The van der Waals surface area contributed by atoms with Crippen LogP contribution in [0.2, 0.25) is 0 Å². The van der Waals surface area contributed by atoms with Gasteiger partial charge in [-0.2, -0.15) is 0 Å². The van der Waals surface area contributed by atoms with Gasteiger partial charge in [-0.3, -0.25) is 4.79 Å². The molecule has 1 heterocycles. The molecule has 0 saturated heterocycles. The molecule has 1 saturated carbocycles. The summed E-state index contributed by atoms with van der Waals surface area (Å²) in [6.45, 7) is 0.686.